The number of alkyl halides is 3. The van der Waals surface area contributed by atoms with Gasteiger partial charge in [-0.1, -0.05) is 0 Å². The van der Waals surface area contributed by atoms with Crippen molar-refractivity contribution in [2.24, 2.45) is 5.73 Å². The fourth-order valence-electron chi connectivity index (χ4n) is 1.54. The molecular formula is C13H11F3N2O2. The molecule has 7 heteroatoms. The van der Waals surface area contributed by atoms with Gasteiger partial charge in [-0.05, 0) is 36.4 Å². The van der Waals surface area contributed by atoms with Crippen LogP contribution in [0.25, 0.3) is 0 Å². The normalized spacial score (nSPS) is 11.4. The van der Waals surface area contributed by atoms with E-state index in [9.17, 15) is 18.0 Å². The van der Waals surface area contributed by atoms with Gasteiger partial charge in [0.1, 0.15) is 5.76 Å². The number of halogens is 3. The summed E-state index contributed by atoms with van der Waals surface area (Å²) in [7, 11) is 0. The average Bonchev–Trinajstić information content (AvgIpc) is 2.87. The predicted molar refractivity (Wildman–Crippen MR) is 66.0 cm³/mol. The molecule has 1 aromatic heterocycles. The Hall–Kier alpha value is -2.28. The molecule has 0 aliphatic carbocycles. The molecule has 0 saturated heterocycles. The molecule has 0 unspecified atom stereocenters. The van der Waals surface area contributed by atoms with Crippen molar-refractivity contribution >= 4 is 11.6 Å². The number of furan rings is 1. The minimum absolute atomic E-state index is 0.0466. The quantitative estimate of drug-likeness (QED) is 0.910. The second kappa shape index (κ2) is 5.38. The highest BCUT2D eigenvalue weighted by Gasteiger charge is 2.30. The molecule has 0 bridgehead atoms. The van der Waals surface area contributed by atoms with Crippen molar-refractivity contribution in [3.63, 3.8) is 0 Å². The molecule has 0 fully saturated rings. The van der Waals surface area contributed by atoms with E-state index in [4.69, 9.17) is 10.2 Å². The molecule has 1 amide bonds. The van der Waals surface area contributed by atoms with Crippen molar-refractivity contribution in [1.82, 2.24) is 0 Å². The van der Waals surface area contributed by atoms with Crippen LogP contribution in [0.15, 0.2) is 40.8 Å². The fraction of sp³-hybridized carbons (Fsp3) is 0.154. The van der Waals surface area contributed by atoms with Crippen molar-refractivity contribution < 1.29 is 22.4 Å². The van der Waals surface area contributed by atoms with Crippen LogP contribution in [0, 0.1) is 0 Å². The van der Waals surface area contributed by atoms with Gasteiger partial charge < -0.3 is 15.5 Å². The van der Waals surface area contributed by atoms with Gasteiger partial charge >= 0.3 is 6.18 Å². The number of rotatable bonds is 3. The van der Waals surface area contributed by atoms with Gasteiger partial charge in [0.05, 0.1) is 12.1 Å². The Balaban J connectivity index is 2.08. The van der Waals surface area contributed by atoms with E-state index in [1.807, 2.05) is 0 Å². The second-order valence-electron chi connectivity index (χ2n) is 4.00. The molecule has 0 aliphatic rings. The highest BCUT2D eigenvalue weighted by molar-refractivity contribution is 6.02. The molecule has 4 nitrogen and oxygen atoms in total. The number of hydrogen-bond donors (Lipinski definition) is 2. The zero-order valence-corrected chi connectivity index (χ0v) is 10.2. The number of nitrogens with two attached hydrogens (primary N) is 1. The maximum absolute atomic E-state index is 12.4. The summed E-state index contributed by atoms with van der Waals surface area (Å²) in [4.78, 5) is 11.8. The zero-order valence-electron chi connectivity index (χ0n) is 10.2. The van der Waals surface area contributed by atoms with Gasteiger partial charge in [-0.25, -0.2) is 0 Å². The Kier molecular flexibility index (Phi) is 3.80. The van der Waals surface area contributed by atoms with Gasteiger partial charge in [0.2, 0.25) is 0 Å². The Labute approximate surface area is 112 Å². The molecule has 0 spiro atoms. The van der Waals surface area contributed by atoms with Gasteiger partial charge in [-0.3, -0.25) is 4.79 Å². The third kappa shape index (κ3) is 3.18. The van der Waals surface area contributed by atoms with Gasteiger partial charge in [0, 0.05) is 5.69 Å². The topological polar surface area (TPSA) is 68.3 Å². The van der Waals surface area contributed by atoms with Gasteiger partial charge in [0.15, 0.2) is 5.76 Å². The summed E-state index contributed by atoms with van der Waals surface area (Å²) in [6.07, 6.45) is -4.40. The largest absolute Gasteiger partial charge is 0.455 e. The molecule has 106 valence electrons. The fourth-order valence-corrected chi connectivity index (χ4v) is 1.54. The monoisotopic (exact) mass is 284 g/mol. The predicted octanol–water partition coefficient (Wildman–Crippen LogP) is 3.01. The average molecular weight is 284 g/mol. The first-order chi connectivity index (χ1) is 9.40. The van der Waals surface area contributed by atoms with E-state index in [-0.39, 0.29) is 18.0 Å². The van der Waals surface area contributed by atoms with Crippen LogP contribution >= 0.6 is 0 Å². The molecule has 1 heterocycles. The summed E-state index contributed by atoms with van der Waals surface area (Å²) in [6.45, 7) is 0.160. The first-order valence-corrected chi connectivity index (χ1v) is 5.67. The van der Waals surface area contributed by atoms with Crippen molar-refractivity contribution in [1.29, 1.82) is 0 Å². The molecule has 1 aromatic carbocycles. The third-order valence-corrected chi connectivity index (χ3v) is 2.56. The number of carbonyl (C=O) groups is 1. The van der Waals surface area contributed by atoms with E-state index in [0.717, 1.165) is 12.1 Å². The standard InChI is InChI=1S/C13H11F3N2O2/c14-13(15,16)8-1-3-9(4-2-8)18-12(19)11-6-5-10(7-17)20-11/h1-6H,7,17H2,(H,18,19). The van der Waals surface area contributed by atoms with E-state index in [1.165, 1.54) is 18.2 Å². The number of amides is 1. The summed E-state index contributed by atoms with van der Waals surface area (Å²) in [5.74, 6) is -0.0580. The summed E-state index contributed by atoms with van der Waals surface area (Å²) in [5, 5.41) is 2.43. The molecule has 0 radical (unpaired) electrons. The first-order valence-electron chi connectivity index (χ1n) is 5.67. The van der Waals surface area contributed by atoms with Gasteiger partial charge in [0.25, 0.3) is 5.91 Å². The SMILES string of the molecule is NCc1ccc(C(=O)Nc2ccc(C(F)(F)F)cc2)o1. The Morgan fingerprint density at radius 1 is 1.15 bits per heavy atom. The molecule has 3 N–H and O–H groups in total. The van der Waals surface area contributed by atoms with Crippen LogP contribution in [0.4, 0.5) is 18.9 Å². The number of hydrogen-bond acceptors (Lipinski definition) is 3. The Bertz CT molecular complexity index is 603. The van der Waals surface area contributed by atoms with Gasteiger partial charge in [-0.15, -0.1) is 0 Å². The van der Waals surface area contributed by atoms with E-state index >= 15 is 0 Å². The second-order valence-corrected chi connectivity index (χ2v) is 4.00. The molecule has 2 rings (SSSR count). The smallest absolute Gasteiger partial charge is 0.416 e. The van der Waals surface area contributed by atoms with Crippen LogP contribution < -0.4 is 11.1 Å². The lowest BCUT2D eigenvalue weighted by Crippen LogP contribution is -2.11. The van der Waals surface area contributed by atoms with Crippen molar-refractivity contribution in [2.45, 2.75) is 12.7 Å². The van der Waals surface area contributed by atoms with Crippen molar-refractivity contribution in [3.05, 3.63) is 53.5 Å². The highest BCUT2D eigenvalue weighted by Crippen LogP contribution is 2.29. The lowest BCUT2D eigenvalue weighted by molar-refractivity contribution is -0.137. The van der Waals surface area contributed by atoms with E-state index in [0.29, 0.717) is 5.76 Å². The lowest BCUT2D eigenvalue weighted by atomic mass is 10.2. The van der Waals surface area contributed by atoms with E-state index < -0.39 is 17.6 Å². The molecule has 20 heavy (non-hydrogen) atoms. The minimum Gasteiger partial charge on any atom is -0.455 e. The Morgan fingerprint density at radius 3 is 2.30 bits per heavy atom. The van der Waals surface area contributed by atoms with Crippen molar-refractivity contribution in [3.8, 4) is 0 Å². The van der Waals surface area contributed by atoms with Gasteiger partial charge in [-0.2, -0.15) is 13.2 Å². The molecule has 0 aliphatic heterocycles. The van der Waals surface area contributed by atoms with Crippen LogP contribution in [-0.4, -0.2) is 5.91 Å². The highest BCUT2D eigenvalue weighted by atomic mass is 19.4. The van der Waals surface area contributed by atoms with Crippen LogP contribution in [0.2, 0.25) is 0 Å². The lowest BCUT2D eigenvalue weighted by Gasteiger charge is -2.08. The van der Waals surface area contributed by atoms with Crippen LogP contribution in [0.5, 0.6) is 0 Å². The van der Waals surface area contributed by atoms with E-state index in [1.54, 1.807) is 6.07 Å². The molecule has 0 atom stereocenters. The first kappa shape index (κ1) is 14.1. The molecule has 2 aromatic rings. The third-order valence-electron chi connectivity index (χ3n) is 2.56. The number of benzene rings is 1. The number of nitrogens with one attached hydrogen (secondary N) is 1. The summed E-state index contributed by atoms with van der Waals surface area (Å²) >= 11 is 0. The van der Waals surface area contributed by atoms with E-state index in [2.05, 4.69) is 5.32 Å². The van der Waals surface area contributed by atoms with Crippen LogP contribution in [-0.2, 0) is 12.7 Å². The Morgan fingerprint density at radius 2 is 1.80 bits per heavy atom. The maximum atomic E-state index is 12.4. The number of carbonyl (C=O) groups excluding carboxylic acids is 1. The zero-order chi connectivity index (χ0) is 14.8. The molecular weight excluding hydrogens is 273 g/mol. The van der Waals surface area contributed by atoms with Crippen LogP contribution in [0.3, 0.4) is 0 Å². The summed E-state index contributed by atoms with van der Waals surface area (Å²) in [5.41, 5.74) is 4.81. The molecule has 0 saturated carbocycles. The van der Waals surface area contributed by atoms with Crippen molar-refractivity contribution in [2.75, 3.05) is 5.32 Å². The number of anilines is 1. The summed E-state index contributed by atoms with van der Waals surface area (Å²) < 4.78 is 42.3. The summed E-state index contributed by atoms with van der Waals surface area (Å²) in [6, 6.07) is 7.14. The minimum atomic E-state index is -4.40. The van der Waals surface area contributed by atoms with Crippen LogP contribution in [0.1, 0.15) is 21.9 Å². The maximum Gasteiger partial charge on any atom is 0.416 e.